The number of nitrogens with zero attached hydrogens (tertiary/aromatic N) is 1. The highest BCUT2D eigenvalue weighted by molar-refractivity contribution is 5.68. The van der Waals surface area contributed by atoms with Gasteiger partial charge in [-0.05, 0) is 52.3 Å². The normalized spacial score (nSPS) is 17.8. The predicted molar refractivity (Wildman–Crippen MR) is 88.8 cm³/mol. The first-order valence-corrected chi connectivity index (χ1v) is 8.21. The number of alkyl carbamates (subject to hydrolysis) is 1. The van der Waals surface area contributed by atoms with E-state index in [-0.39, 0.29) is 12.1 Å². The van der Waals surface area contributed by atoms with Crippen molar-refractivity contribution in [2.75, 3.05) is 19.6 Å². The molecule has 1 aromatic carbocycles. The molecule has 1 fully saturated rings. The number of hydrogen-bond acceptors (Lipinski definition) is 3. The van der Waals surface area contributed by atoms with Gasteiger partial charge in [-0.3, -0.25) is 0 Å². The van der Waals surface area contributed by atoms with Crippen molar-refractivity contribution in [3.8, 4) is 0 Å². The SMILES string of the molecule is CC(C)(C)OC(=O)N[C@H](CN1CCCCC1)c1ccccc1. The number of likely N-dealkylation sites (tertiary alicyclic amines) is 1. The maximum absolute atomic E-state index is 12.1. The average molecular weight is 304 g/mol. The minimum absolute atomic E-state index is 0.0332. The van der Waals surface area contributed by atoms with Crippen molar-refractivity contribution in [1.29, 1.82) is 0 Å². The monoisotopic (exact) mass is 304 g/mol. The quantitative estimate of drug-likeness (QED) is 0.921. The van der Waals surface area contributed by atoms with Crippen LogP contribution in [0.15, 0.2) is 30.3 Å². The van der Waals surface area contributed by atoms with Crippen LogP contribution in [0.5, 0.6) is 0 Å². The molecule has 1 amide bonds. The van der Waals surface area contributed by atoms with Gasteiger partial charge in [-0.2, -0.15) is 0 Å². The summed E-state index contributed by atoms with van der Waals surface area (Å²) in [6.45, 7) is 8.71. The number of carbonyl (C=O) groups excluding carboxylic acids is 1. The summed E-state index contributed by atoms with van der Waals surface area (Å²) in [5.41, 5.74) is 0.648. The zero-order chi connectivity index (χ0) is 16.0. The zero-order valence-electron chi connectivity index (χ0n) is 14.0. The zero-order valence-corrected chi connectivity index (χ0v) is 14.0. The van der Waals surface area contributed by atoms with Gasteiger partial charge in [0.25, 0.3) is 0 Å². The molecule has 22 heavy (non-hydrogen) atoms. The molecule has 4 nitrogen and oxygen atoms in total. The summed E-state index contributed by atoms with van der Waals surface area (Å²) in [5.74, 6) is 0. The second-order valence-electron chi connectivity index (χ2n) is 6.97. The molecule has 0 unspecified atom stereocenters. The van der Waals surface area contributed by atoms with Crippen molar-refractivity contribution >= 4 is 6.09 Å². The molecule has 1 N–H and O–H groups in total. The average Bonchev–Trinajstić information content (AvgIpc) is 2.47. The summed E-state index contributed by atoms with van der Waals surface area (Å²) in [4.78, 5) is 14.6. The van der Waals surface area contributed by atoms with Crippen LogP contribution in [-0.2, 0) is 4.74 Å². The molecule has 1 aromatic rings. The second-order valence-corrected chi connectivity index (χ2v) is 6.97. The molecule has 122 valence electrons. The molecular weight excluding hydrogens is 276 g/mol. The van der Waals surface area contributed by atoms with E-state index in [1.807, 2.05) is 39.0 Å². The molecule has 1 saturated heterocycles. The van der Waals surface area contributed by atoms with E-state index in [0.29, 0.717) is 0 Å². The highest BCUT2D eigenvalue weighted by Gasteiger charge is 2.23. The molecule has 1 atom stereocenters. The third-order valence-corrected chi connectivity index (χ3v) is 3.78. The van der Waals surface area contributed by atoms with E-state index in [2.05, 4.69) is 22.3 Å². The Morgan fingerprint density at radius 2 is 1.82 bits per heavy atom. The van der Waals surface area contributed by atoms with Crippen molar-refractivity contribution in [2.24, 2.45) is 0 Å². The van der Waals surface area contributed by atoms with Crippen molar-refractivity contribution < 1.29 is 9.53 Å². The molecule has 0 radical (unpaired) electrons. The Labute approximate surface area is 133 Å². The van der Waals surface area contributed by atoms with E-state index >= 15 is 0 Å². The third kappa shape index (κ3) is 5.68. The van der Waals surface area contributed by atoms with Crippen LogP contribution in [0.2, 0.25) is 0 Å². The Hall–Kier alpha value is -1.55. The smallest absolute Gasteiger partial charge is 0.408 e. The van der Waals surface area contributed by atoms with Crippen LogP contribution in [0.4, 0.5) is 4.79 Å². The molecule has 4 heteroatoms. The van der Waals surface area contributed by atoms with Gasteiger partial charge in [-0.1, -0.05) is 36.8 Å². The van der Waals surface area contributed by atoms with Gasteiger partial charge in [-0.15, -0.1) is 0 Å². The van der Waals surface area contributed by atoms with Crippen molar-refractivity contribution in [3.63, 3.8) is 0 Å². The van der Waals surface area contributed by atoms with Gasteiger partial charge in [0, 0.05) is 6.54 Å². The van der Waals surface area contributed by atoms with E-state index < -0.39 is 5.60 Å². The minimum atomic E-state index is -0.476. The van der Waals surface area contributed by atoms with Crippen molar-refractivity contribution in [3.05, 3.63) is 35.9 Å². The van der Waals surface area contributed by atoms with Gasteiger partial charge in [0.05, 0.1) is 6.04 Å². The van der Waals surface area contributed by atoms with Crippen molar-refractivity contribution in [2.45, 2.75) is 51.7 Å². The lowest BCUT2D eigenvalue weighted by molar-refractivity contribution is 0.0487. The first kappa shape index (κ1) is 16.8. The fraction of sp³-hybridized carbons (Fsp3) is 0.611. The van der Waals surface area contributed by atoms with Gasteiger partial charge < -0.3 is 15.0 Å². The summed E-state index contributed by atoms with van der Waals surface area (Å²) in [5, 5.41) is 3.03. The fourth-order valence-corrected chi connectivity index (χ4v) is 2.77. The van der Waals surface area contributed by atoms with E-state index in [0.717, 1.165) is 25.2 Å². The molecule has 0 bridgehead atoms. The standard InChI is InChI=1S/C18H28N2O2/c1-18(2,3)22-17(21)19-16(15-10-6-4-7-11-15)14-20-12-8-5-9-13-20/h4,6-7,10-11,16H,5,8-9,12-14H2,1-3H3,(H,19,21)/t16-/m1/s1. The van der Waals surface area contributed by atoms with Gasteiger partial charge in [-0.25, -0.2) is 4.79 Å². The highest BCUT2D eigenvalue weighted by atomic mass is 16.6. The van der Waals surface area contributed by atoms with Crippen LogP contribution < -0.4 is 5.32 Å². The molecule has 1 aliphatic rings. The van der Waals surface area contributed by atoms with Crippen LogP contribution in [0.1, 0.15) is 51.6 Å². The highest BCUT2D eigenvalue weighted by Crippen LogP contribution is 2.18. The number of benzene rings is 1. The minimum Gasteiger partial charge on any atom is -0.444 e. The van der Waals surface area contributed by atoms with Crippen LogP contribution in [0.25, 0.3) is 0 Å². The van der Waals surface area contributed by atoms with E-state index in [9.17, 15) is 4.79 Å². The van der Waals surface area contributed by atoms with Gasteiger partial charge in [0.2, 0.25) is 0 Å². The summed E-state index contributed by atoms with van der Waals surface area (Å²) >= 11 is 0. The maximum atomic E-state index is 12.1. The number of ether oxygens (including phenoxy) is 1. The van der Waals surface area contributed by atoms with Crippen LogP contribution in [-0.4, -0.2) is 36.2 Å². The molecule has 0 saturated carbocycles. The van der Waals surface area contributed by atoms with Crippen molar-refractivity contribution in [1.82, 2.24) is 10.2 Å². The third-order valence-electron chi connectivity index (χ3n) is 3.78. The van der Waals surface area contributed by atoms with Gasteiger partial charge in [0.15, 0.2) is 0 Å². The maximum Gasteiger partial charge on any atom is 0.408 e. The molecular formula is C18H28N2O2. The number of rotatable bonds is 4. The topological polar surface area (TPSA) is 41.6 Å². The first-order chi connectivity index (χ1) is 10.4. The molecule has 1 aliphatic heterocycles. The Morgan fingerprint density at radius 1 is 1.18 bits per heavy atom. The van der Waals surface area contributed by atoms with Gasteiger partial charge in [0.1, 0.15) is 5.60 Å². The Kier molecular flexibility index (Phi) is 5.83. The van der Waals surface area contributed by atoms with Crippen LogP contribution in [0, 0.1) is 0 Å². The first-order valence-electron chi connectivity index (χ1n) is 8.21. The van der Waals surface area contributed by atoms with E-state index in [1.54, 1.807) is 0 Å². The summed E-state index contributed by atoms with van der Waals surface area (Å²) in [6.07, 6.45) is 3.45. The second kappa shape index (κ2) is 7.63. The summed E-state index contributed by atoms with van der Waals surface area (Å²) in [7, 11) is 0. The molecule has 1 heterocycles. The number of hydrogen-bond donors (Lipinski definition) is 1. The Bertz CT molecular complexity index is 462. The number of carbonyl (C=O) groups is 1. The molecule has 0 spiro atoms. The number of nitrogens with one attached hydrogen (secondary N) is 1. The Morgan fingerprint density at radius 3 is 2.41 bits per heavy atom. The molecule has 2 rings (SSSR count). The number of piperidine rings is 1. The van der Waals surface area contributed by atoms with Crippen LogP contribution >= 0.6 is 0 Å². The van der Waals surface area contributed by atoms with E-state index in [4.69, 9.17) is 4.74 Å². The Balaban J connectivity index is 2.03. The predicted octanol–water partition coefficient (Wildman–Crippen LogP) is 3.74. The lowest BCUT2D eigenvalue weighted by Gasteiger charge is -2.31. The lowest BCUT2D eigenvalue weighted by Crippen LogP contribution is -2.42. The summed E-state index contributed by atoms with van der Waals surface area (Å²) < 4.78 is 5.41. The fourth-order valence-electron chi connectivity index (χ4n) is 2.77. The molecule has 0 aromatic heterocycles. The lowest BCUT2D eigenvalue weighted by atomic mass is 10.0. The van der Waals surface area contributed by atoms with Gasteiger partial charge >= 0.3 is 6.09 Å². The van der Waals surface area contributed by atoms with Crippen LogP contribution in [0.3, 0.4) is 0 Å². The van der Waals surface area contributed by atoms with E-state index in [1.165, 1.54) is 19.3 Å². The number of amides is 1. The largest absolute Gasteiger partial charge is 0.444 e. The summed E-state index contributed by atoms with van der Waals surface area (Å²) in [6, 6.07) is 10.1. The molecule has 0 aliphatic carbocycles.